The molecule has 0 radical (unpaired) electrons. The van der Waals surface area contributed by atoms with Crippen molar-refractivity contribution in [1.29, 1.82) is 0 Å². The maximum atomic E-state index is 6.49. The minimum absolute atomic E-state index is 0.0914. The normalized spacial score (nSPS) is 29.4. The van der Waals surface area contributed by atoms with Gasteiger partial charge in [-0.2, -0.15) is 0 Å². The summed E-state index contributed by atoms with van der Waals surface area (Å²) in [6, 6.07) is 14.8. The predicted molar refractivity (Wildman–Crippen MR) is 81.2 cm³/mol. The Kier molecular flexibility index (Phi) is 2.37. The third-order valence-corrected chi connectivity index (χ3v) is 5.50. The number of nitrogens with two attached hydrogens (primary N) is 1. The molecule has 2 nitrogen and oxygen atoms in total. The summed E-state index contributed by atoms with van der Waals surface area (Å²) in [5.41, 5.74) is 11.5. The van der Waals surface area contributed by atoms with E-state index in [1.165, 1.54) is 17.5 Å². The van der Waals surface area contributed by atoms with E-state index in [4.69, 9.17) is 10.7 Å². The summed E-state index contributed by atoms with van der Waals surface area (Å²) in [6.07, 6.45) is 1.23. The smallest absolute Gasteiger partial charge is 0.0706 e. The molecule has 102 valence electrons. The third-order valence-electron chi connectivity index (χ3n) is 5.50. The van der Waals surface area contributed by atoms with Gasteiger partial charge in [0.2, 0.25) is 0 Å². The van der Waals surface area contributed by atoms with E-state index in [1.807, 2.05) is 6.07 Å². The van der Waals surface area contributed by atoms with Gasteiger partial charge in [-0.1, -0.05) is 50.2 Å². The Labute approximate surface area is 120 Å². The summed E-state index contributed by atoms with van der Waals surface area (Å²) in [5, 5.41) is 0. The molecular weight excluding hydrogens is 244 g/mol. The third kappa shape index (κ3) is 1.46. The van der Waals surface area contributed by atoms with Crippen molar-refractivity contribution in [3.63, 3.8) is 0 Å². The molecule has 3 aliphatic carbocycles. The van der Waals surface area contributed by atoms with Gasteiger partial charge < -0.3 is 5.73 Å². The van der Waals surface area contributed by atoms with Gasteiger partial charge in [-0.25, -0.2) is 0 Å². The van der Waals surface area contributed by atoms with Gasteiger partial charge in [0.1, 0.15) is 0 Å². The van der Waals surface area contributed by atoms with Crippen LogP contribution in [0.1, 0.15) is 43.5 Å². The van der Waals surface area contributed by atoms with Crippen LogP contribution in [0.3, 0.4) is 0 Å². The van der Waals surface area contributed by atoms with Crippen LogP contribution in [0, 0.1) is 11.3 Å². The zero-order valence-corrected chi connectivity index (χ0v) is 12.0. The Morgan fingerprint density at radius 3 is 2.55 bits per heavy atom. The lowest BCUT2D eigenvalue weighted by Crippen LogP contribution is -2.52. The number of rotatable bonds is 1. The predicted octanol–water partition coefficient (Wildman–Crippen LogP) is 3.89. The number of pyridine rings is 1. The molecule has 0 saturated heterocycles. The maximum Gasteiger partial charge on any atom is 0.0706 e. The number of nitrogens with zero attached hydrogens (tertiary/aromatic N) is 1. The van der Waals surface area contributed by atoms with Crippen LogP contribution in [0.15, 0.2) is 42.5 Å². The molecule has 20 heavy (non-hydrogen) atoms. The highest BCUT2D eigenvalue weighted by Crippen LogP contribution is 2.64. The quantitative estimate of drug-likeness (QED) is 0.848. The maximum absolute atomic E-state index is 6.49. The molecule has 0 amide bonds. The van der Waals surface area contributed by atoms with Crippen LogP contribution in [-0.2, 0) is 0 Å². The largest absolute Gasteiger partial charge is 0.322 e. The molecule has 3 atom stereocenters. The average molecular weight is 264 g/mol. The van der Waals surface area contributed by atoms with Gasteiger partial charge in [0.05, 0.1) is 17.4 Å². The van der Waals surface area contributed by atoms with E-state index < -0.39 is 0 Å². The molecule has 1 saturated carbocycles. The summed E-state index contributed by atoms with van der Waals surface area (Å²) < 4.78 is 0. The van der Waals surface area contributed by atoms with Crippen molar-refractivity contribution in [2.45, 2.75) is 32.2 Å². The second-order valence-electron chi connectivity index (χ2n) is 6.78. The minimum Gasteiger partial charge on any atom is -0.322 e. The second-order valence-corrected chi connectivity index (χ2v) is 6.78. The lowest BCUT2D eigenvalue weighted by Gasteiger charge is -2.59. The van der Waals surface area contributed by atoms with E-state index in [0.29, 0.717) is 17.3 Å². The number of benzene rings is 1. The second kappa shape index (κ2) is 3.92. The van der Waals surface area contributed by atoms with Gasteiger partial charge in [-0.05, 0) is 35.3 Å². The molecule has 0 aliphatic heterocycles. The zero-order valence-electron chi connectivity index (χ0n) is 12.0. The molecule has 1 heterocycles. The topological polar surface area (TPSA) is 38.9 Å². The molecule has 1 aromatic heterocycles. The first-order valence-electron chi connectivity index (χ1n) is 7.41. The van der Waals surface area contributed by atoms with Crippen molar-refractivity contribution < 1.29 is 0 Å². The molecule has 2 aromatic rings. The van der Waals surface area contributed by atoms with Gasteiger partial charge in [-0.3, -0.25) is 4.98 Å². The van der Waals surface area contributed by atoms with E-state index in [2.05, 4.69) is 50.2 Å². The molecule has 3 aliphatic rings. The summed E-state index contributed by atoms with van der Waals surface area (Å²) >= 11 is 0. The first-order chi connectivity index (χ1) is 9.59. The fraction of sp³-hybridized carbons (Fsp3) is 0.389. The Morgan fingerprint density at radius 1 is 1.10 bits per heavy atom. The summed E-state index contributed by atoms with van der Waals surface area (Å²) in [5.74, 6) is 1.22. The molecule has 2 bridgehead atoms. The molecule has 2 N–H and O–H groups in total. The Bertz CT molecular complexity index is 660. The standard InChI is InChI=1S/C18H20N2/c1-18(2)13-10-14(18)16(19)17-12(13)8-9-15(20-17)11-6-4-3-5-7-11/h3-9,13-14,16H,10,19H2,1-2H3/t13-,14-,16-/m1/s1. The first kappa shape index (κ1) is 12.1. The van der Waals surface area contributed by atoms with Crippen LogP contribution in [-0.4, -0.2) is 4.98 Å². The van der Waals surface area contributed by atoms with Gasteiger partial charge >= 0.3 is 0 Å². The molecule has 5 rings (SSSR count). The molecule has 0 spiro atoms. The Morgan fingerprint density at radius 2 is 1.85 bits per heavy atom. The highest BCUT2D eigenvalue weighted by atomic mass is 14.9. The molecule has 2 heteroatoms. The van der Waals surface area contributed by atoms with Crippen molar-refractivity contribution in [3.8, 4) is 11.3 Å². The van der Waals surface area contributed by atoms with E-state index in [9.17, 15) is 0 Å². The van der Waals surface area contributed by atoms with Crippen molar-refractivity contribution in [3.05, 3.63) is 53.7 Å². The van der Waals surface area contributed by atoms with Gasteiger partial charge in [0.15, 0.2) is 0 Å². The molecular formula is C18H20N2. The average Bonchev–Trinajstić information content (AvgIpc) is 2.47. The lowest BCUT2D eigenvalue weighted by atomic mass is 9.46. The zero-order chi connectivity index (χ0) is 13.9. The number of aromatic nitrogens is 1. The summed E-state index contributed by atoms with van der Waals surface area (Å²) in [4.78, 5) is 4.89. The van der Waals surface area contributed by atoms with Crippen LogP contribution >= 0.6 is 0 Å². The van der Waals surface area contributed by atoms with Crippen LogP contribution in [0.5, 0.6) is 0 Å². The van der Waals surface area contributed by atoms with Gasteiger partial charge in [-0.15, -0.1) is 0 Å². The van der Waals surface area contributed by atoms with E-state index in [-0.39, 0.29) is 6.04 Å². The van der Waals surface area contributed by atoms with Crippen molar-refractivity contribution in [2.24, 2.45) is 17.1 Å². The highest BCUT2D eigenvalue weighted by Gasteiger charge is 2.56. The van der Waals surface area contributed by atoms with Crippen LogP contribution < -0.4 is 5.73 Å². The van der Waals surface area contributed by atoms with Crippen molar-refractivity contribution in [1.82, 2.24) is 4.98 Å². The first-order valence-corrected chi connectivity index (χ1v) is 7.41. The molecule has 1 aromatic carbocycles. The fourth-order valence-electron chi connectivity index (χ4n) is 4.10. The summed E-state index contributed by atoms with van der Waals surface area (Å²) in [6.45, 7) is 4.69. The molecule has 0 unspecified atom stereocenters. The SMILES string of the molecule is CC1(C)[C@@H]2C[C@@H]1[C@@H](N)c1nc(-c3ccccc3)ccc12. The van der Waals surface area contributed by atoms with Crippen LogP contribution in [0.4, 0.5) is 0 Å². The van der Waals surface area contributed by atoms with E-state index in [1.54, 1.807) is 0 Å². The number of hydrogen-bond donors (Lipinski definition) is 1. The van der Waals surface area contributed by atoms with E-state index in [0.717, 1.165) is 11.4 Å². The Balaban J connectivity index is 1.82. The van der Waals surface area contributed by atoms with Gasteiger partial charge in [0.25, 0.3) is 0 Å². The highest BCUT2D eigenvalue weighted by molar-refractivity contribution is 5.60. The lowest BCUT2D eigenvalue weighted by molar-refractivity contribution is -0.00591. The van der Waals surface area contributed by atoms with Crippen molar-refractivity contribution in [2.75, 3.05) is 0 Å². The summed E-state index contributed by atoms with van der Waals surface area (Å²) in [7, 11) is 0. The molecule has 1 fully saturated rings. The van der Waals surface area contributed by atoms with E-state index >= 15 is 0 Å². The fourth-order valence-corrected chi connectivity index (χ4v) is 4.10. The monoisotopic (exact) mass is 264 g/mol. The van der Waals surface area contributed by atoms with Crippen molar-refractivity contribution >= 4 is 0 Å². The Hall–Kier alpha value is -1.67. The van der Waals surface area contributed by atoms with Gasteiger partial charge in [0, 0.05) is 5.56 Å². The minimum atomic E-state index is 0.0914. The van der Waals surface area contributed by atoms with Crippen LogP contribution in [0.25, 0.3) is 11.3 Å². The number of hydrogen-bond acceptors (Lipinski definition) is 2. The van der Waals surface area contributed by atoms with Crippen LogP contribution in [0.2, 0.25) is 0 Å².